The predicted octanol–water partition coefficient (Wildman–Crippen LogP) is 7.14. The van der Waals surface area contributed by atoms with Crippen LogP contribution in [-0.2, 0) is 9.47 Å². The van der Waals surface area contributed by atoms with Gasteiger partial charge in [0, 0.05) is 0 Å². The fraction of sp³-hybridized carbons (Fsp3) is 0.731. The first-order valence-corrected chi connectivity index (χ1v) is 12.4. The first kappa shape index (κ1) is 27.1. The van der Waals surface area contributed by atoms with Crippen molar-refractivity contribution in [2.75, 3.05) is 13.2 Å². The molecule has 1 rings (SSSR count). The zero-order valence-corrected chi connectivity index (χ0v) is 20.0. The summed E-state index contributed by atoms with van der Waals surface area (Å²) >= 11 is 0. The Morgan fingerprint density at radius 1 is 0.774 bits per heavy atom. The number of aromatic nitrogens is 1. The van der Waals surface area contributed by atoms with E-state index in [4.69, 9.17) is 9.47 Å². The van der Waals surface area contributed by atoms with Gasteiger partial charge in [0.2, 0.25) is 0 Å². The Balaban J connectivity index is 2.30. The number of pyridine rings is 1. The SMILES string of the molecule is CCCCCCCCCCCOC(=O)c1cccc(C(=O)OCC(CC)CCCC)n1. The average Bonchev–Trinajstić information content (AvgIpc) is 2.80. The molecular weight excluding hydrogens is 390 g/mol. The van der Waals surface area contributed by atoms with E-state index in [-0.39, 0.29) is 11.4 Å². The second-order valence-electron chi connectivity index (χ2n) is 8.39. The summed E-state index contributed by atoms with van der Waals surface area (Å²) in [5, 5.41) is 0. The van der Waals surface area contributed by atoms with Gasteiger partial charge in [-0.1, -0.05) is 97.5 Å². The molecule has 31 heavy (non-hydrogen) atoms. The topological polar surface area (TPSA) is 65.5 Å². The van der Waals surface area contributed by atoms with Crippen LogP contribution in [0.25, 0.3) is 0 Å². The van der Waals surface area contributed by atoms with Gasteiger partial charge in [0.25, 0.3) is 0 Å². The third-order valence-electron chi connectivity index (χ3n) is 5.64. The summed E-state index contributed by atoms with van der Waals surface area (Å²) in [5.41, 5.74) is 0.311. The van der Waals surface area contributed by atoms with Crippen LogP contribution >= 0.6 is 0 Å². The van der Waals surface area contributed by atoms with Crippen molar-refractivity contribution in [1.82, 2.24) is 4.98 Å². The summed E-state index contributed by atoms with van der Waals surface area (Å²) in [6, 6.07) is 4.80. The second kappa shape index (κ2) is 17.7. The van der Waals surface area contributed by atoms with E-state index in [0.717, 1.165) is 38.5 Å². The third kappa shape index (κ3) is 12.5. The molecule has 0 radical (unpaired) electrons. The molecule has 5 heteroatoms. The highest BCUT2D eigenvalue weighted by molar-refractivity contribution is 5.91. The molecule has 0 aliphatic heterocycles. The van der Waals surface area contributed by atoms with E-state index in [1.54, 1.807) is 18.2 Å². The van der Waals surface area contributed by atoms with Gasteiger partial charge in [0.05, 0.1) is 13.2 Å². The van der Waals surface area contributed by atoms with Gasteiger partial charge >= 0.3 is 11.9 Å². The van der Waals surface area contributed by atoms with E-state index < -0.39 is 11.9 Å². The van der Waals surface area contributed by atoms with E-state index in [0.29, 0.717) is 19.1 Å². The summed E-state index contributed by atoms with van der Waals surface area (Å²) in [4.78, 5) is 28.7. The molecule has 1 atom stereocenters. The normalized spacial score (nSPS) is 11.8. The minimum atomic E-state index is -0.483. The minimum Gasteiger partial charge on any atom is -0.461 e. The van der Waals surface area contributed by atoms with Crippen molar-refractivity contribution in [2.45, 2.75) is 104 Å². The monoisotopic (exact) mass is 433 g/mol. The molecule has 0 fully saturated rings. The lowest BCUT2D eigenvalue weighted by atomic mass is 10.0. The lowest BCUT2D eigenvalue weighted by Gasteiger charge is -2.14. The Morgan fingerprint density at radius 2 is 1.32 bits per heavy atom. The number of nitrogens with zero attached hydrogens (tertiary/aromatic N) is 1. The number of rotatable bonds is 18. The number of hydrogen-bond donors (Lipinski definition) is 0. The van der Waals surface area contributed by atoms with Crippen LogP contribution in [0, 0.1) is 5.92 Å². The molecule has 1 aromatic rings. The molecule has 0 saturated carbocycles. The van der Waals surface area contributed by atoms with E-state index >= 15 is 0 Å². The lowest BCUT2D eigenvalue weighted by Crippen LogP contribution is -2.16. The number of ether oxygens (including phenoxy) is 2. The summed E-state index contributed by atoms with van der Waals surface area (Å²) < 4.78 is 10.8. The van der Waals surface area contributed by atoms with Crippen LogP contribution in [0.3, 0.4) is 0 Å². The molecule has 0 saturated heterocycles. The van der Waals surface area contributed by atoms with Crippen molar-refractivity contribution < 1.29 is 19.1 Å². The lowest BCUT2D eigenvalue weighted by molar-refractivity contribution is 0.0420. The van der Waals surface area contributed by atoms with Gasteiger partial charge in [-0.05, 0) is 30.9 Å². The van der Waals surface area contributed by atoms with Gasteiger partial charge in [0.15, 0.2) is 0 Å². The molecule has 0 spiro atoms. The molecule has 0 N–H and O–H groups in total. The van der Waals surface area contributed by atoms with Crippen LogP contribution in [-0.4, -0.2) is 30.1 Å². The summed E-state index contributed by atoms with van der Waals surface area (Å²) in [7, 11) is 0. The highest BCUT2D eigenvalue weighted by Crippen LogP contribution is 2.14. The molecular formula is C26H43NO4. The quantitative estimate of drug-likeness (QED) is 0.182. The maximum absolute atomic E-state index is 12.3. The van der Waals surface area contributed by atoms with Gasteiger partial charge in [-0.3, -0.25) is 0 Å². The molecule has 1 unspecified atom stereocenters. The van der Waals surface area contributed by atoms with Crippen LogP contribution in [0.5, 0.6) is 0 Å². The Hall–Kier alpha value is -1.91. The van der Waals surface area contributed by atoms with Crippen LogP contribution in [0.1, 0.15) is 125 Å². The van der Waals surface area contributed by atoms with Gasteiger partial charge < -0.3 is 9.47 Å². The van der Waals surface area contributed by atoms with Crippen LogP contribution in [0.15, 0.2) is 18.2 Å². The molecule has 5 nitrogen and oxygen atoms in total. The maximum atomic E-state index is 12.3. The smallest absolute Gasteiger partial charge is 0.356 e. The van der Waals surface area contributed by atoms with Crippen molar-refractivity contribution in [1.29, 1.82) is 0 Å². The molecule has 0 aromatic carbocycles. The number of carbonyl (C=O) groups excluding carboxylic acids is 2. The van der Waals surface area contributed by atoms with E-state index in [1.165, 1.54) is 44.9 Å². The Labute approximate surface area is 189 Å². The largest absolute Gasteiger partial charge is 0.461 e. The zero-order valence-electron chi connectivity index (χ0n) is 20.0. The van der Waals surface area contributed by atoms with Gasteiger partial charge in [-0.15, -0.1) is 0 Å². The second-order valence-corrected chi connectivity index (χ2v) is 8.39. The zero-order chi connectivity index (χ0) is 22.7. The van der Waals surface area contributed by atoms with Crippen molar-refractivity contribution in [2.24, 2.45) is 5.92 Å². The fourth-order valence-electron chi connectivity index (χ4n) is 3.48. The molecule has 176 valence electrons. The van der Waals surface area contributed by atoms with Crippen molar-refractivity contribution in [3.8, 4) is 0 Å². The van der Waals surface area contributed by atoms with Crippen molar-refractivity contribution >= 4 is 11.9 Å². The third-order valence-corrected chi connectivity index (χ3v) is 5.64. The van der Waals surface area contributed by atoms with Gasteiger partial charge in [-0.25, -0.2) is 14.6 Å². The van der Waals surface area contributed by atoms with Crippen molar-refractivity contribution in [3.05, 3.63) is 29.6 Å². The first-order valence-electron chi connectivity index (χ1n) is 12.4. The summed E-state index contributed by atoms with van der Waals surface area (Å²) in [6.45, 7) is 7.28. The Morgan fingerprint density at radius 3 is 1.90 bits per heavy atom. The van der Waals surface area contributed by atoms with E-state index in [2.05, 4.69) is 25.8 Å². The van der Waals surface area contributed by atoms with E-state index in [9.17, 15) is 9.59 Å². The van der Waals surface area contributed by atoms with Crippen LogP contribution < -0.4 is 0 Å². The molecule has 1 aromatic heterocycles. The fourth-order valence-corrected chi connectivity index (χ4v) is 3.48. The number of carbonyl (C=O) groups is 2. The molecule has 0 bridgehead atoms. The predicted molar refractivity (Wildman–Crippen MR) is 125 cm³/mol. The van der Waals surface area contributed by atoms with Gasteiger partial charge in [-0.2, -0.15) is 0 Å². The highest BCUT2D eigenvalue weighted by atomic mass is 16.5. The standard InChI is InChI=1S/C26H43NO4/c1-4-7-9-10-11-12-13-14-15-20-30-25(28)23-18-16-19-24(27-23)26(29)31-21-22(6-3)17-8-5-2/h16,18-19,22H,4-15,17,20-21H2,1-3H3. The van der Waals surface area contributed by atoms with Crippen molar-refractivity contribution in [3.63, 3.8) is 0 Å². The maximum Gasteiger partial charge on any atom is 0.356 e. The number of unbranched alkanes of at least 4 members (excludes halogenated alkanes) is 9. The minimum absolute atomic E-state index is 0.155. The van der Waals surface area contributed by atoms with E-state index in [1.807, 2.05) is 0 Å². The number of esters is 2. The first-order chi connectivity index (χ1) is 15.1. The van der Waals surface area contributed by atoms with Crippen LogP contribution in [0.2, 0.25) is 0 Å². The summed E-state index contributed by atoms with van der Waals surface area (Å²) in [6.07, 6.45) is 15.2. The average molecular weight is 434 g/mol. The molecule has 0 aliphatic rings. The Bertz CT molecular complexity index is 617. The van der Waals surface area contributed by atoms with Gasteiger partial charge in [0.1, 0.15) is 11.4 Å². The Kier molecular flexibility index (Phi) is 15.5. The highest BCUT2D eigenvalue weighted by Gasteiger charge is 2.16. The van der Waals surface area contributed by atoms with Crippen LogP contribution in [0.4, 0.5) is 0 Å². The molecule has 1 heterocycles. The molecule has 0 aliphatic carbocycles. The molecule has 0 amide bonds. The number of hydrogen-bond acceptors (Lipinski definition) is 5. The summed E-state index contributed by atoms with van der Waals surface area (Å²) in [5.74, 6) is -0.597.